The van der Waals surface area contributed by atoms with Gasteiger partial charge in [-0.25, -0.2) is 0 Å². The maximum atomic E-state index is 13.0. The maximum Gasteiger partial charge on any atom is 0.245 e. The number of nitriles is 1. The smallest absolute Gasteiger partial charge is 0.245 e. The van der Waals surface area contributed by atoms with E-state index in [-0.39, 0.29) is 11.9 Å². The van der Waals surface area contributed by atoms with Crippen molar-refractivity contribution < 1.29 is 4.79 Å². The molecule has 150 valence electrons. The molecular formula is C21H29N5OS. The van der Waals surface area contributed by atoms with E-state index >= 15 is 0 Å². The molecule has 4 fully saturated rings. The van der Waals surface area contributed by atoms with Gasteiger partial charge in [-0.1, -0.05) is 0 Å². The molecule has 5 heterocycles. The van der Waals surface area contributed by atoms with E-state index in [1.54, 1.807) is 0 Å². The molecule has 6 nitrogen and oxygen atoms in total. The summed E-state index contributed by atoms with van der Waals surface area (Å²) < 4.78 is 0. The Kier molecular flexibility index (Phi) is 4.92. The van der Waals surface area contributed by atoms with Crippen LogP contribution in [0.3, 0.4) is 0 Å². The third-order valence-electron chi connectivity index (χ3n) is 7.57. The van der Waals surface area contributed by atoms with Gasteiger partial charge in [-0.05, 0) is 50.6 Å². The van der Waals surface area contributed by atoms with Gasteiger partial charge in [0, 0.05) is 50.8 Å². The highest BCUT2D eigenvalue weighted by Gasteiger charge is 2.43. The summed E-state index contributed by atoms with van der Waals surface area (Å²) in [6.07, 6.45) is 6.26. The highest BCUT2D eigenvalue weighted by Crippen LogP contribution is 2.37. The van der Waals surface area contributed by atoms with Crippen molar-refractivity contribution in [2.45, 2.75) is 56.3 Å². The van der Waals surface area contributed by atoms with E-state index in [1.165, 1.54) is 37.0 Å². The zero-order valence-electron chi connectivity index (χ0n) is 16.6. The summed E-state index contributed by atoms with van der Waals surface area (Å²) in [5, 5.41) is 12.0. The van der Waals surface area contributed by atoms with Crippen LogP contribution in [0, 0.1) is 11.3 Å². The Morgan fingerprint density at radius 2 is 1.68 bits per heavy atom. The van der Waals surface area contributed by atoms with E-state index in [4.69, 9.17) is 0 Å². The summed E-state index contributed by atoms with van der Waals surface area (Å²) in [6, 6.07) is 6.32. The highest BCUT2D eigenvalue weighted by atomic mass is 32.1. The first-order chi connectivity index (χ1) is 13.7. The fraction of sp³-hybridized carbons (Fsp3) is 0.714. The molecule has 7 heteroatoms. The van der Waals surface area contributed by atoms with Crippen molar-refractivity contribution in [2.75, 3.05) is 44.7 Å². The number of fused-ring (bicyclic) bond motifs is 2. The van der Waals surface area contributed by atoms with Gasteiger partial charge in [0.2, 0.25) is 5.91 Å². The molecule has 0 N–H and O–H groups in total. The van der Waals surface area contributed by atoms with Crippen molar-refractivity contribution >= 4 is 22.2 Å². The molecule has 0 aliphatic carbocycles. The molecule has 1 aromatic heterocycles. The van der Waals surface area contributed by atoms with E-state index in [2.05, 4.69) is 27.8 Å². The summed E-state index contributed by atoms with van der Waals surface area (Å²) in [6.45, 7) is 4.88. The largest absolute Gasteiger partial charge is 0.301 e. The Labute approximate surface area is 171 Å². The van der Waals surface area contributed by atoms with Crippen LogP contribution < -0.4 is 4.90 Å². The average molecular weight is 400 g/mol. The van der Waals surface area contributed by atoms with Gasteiger partial charge < -0.3 is 9.80 Å². The monoisotopic (exact) mass is 399 g/mol. The zero-order chi connectivity index (χ0) is 19.3. The number of carbonyl (C=O) groups excluding carboxylic acids is 1. The Morgan fingerprint density at radius 3 is 2.36 bits per heavy atom. The van der Waals surface area contributed by atoms with Gasteiger partial charge in [-0.2, -0.15) is 5.26 Å². The third-order valence-corrected chi connectivity index (χ3v) is 8.50. The van der Waals surface area contributed by atoms with Gasteiger partial charge in [0.15, 0.2) is 0 Å². The van der Waals surface area contributed by atoms with Crippen LogP contribution in [-0.4, -0.2) is 84.5 Å². The van der Waals surface area contributed by atoms with Crippen molar-refractivity contribution in [2.24, 2.45) is 0 Å². The number of hydrogen-bond acceptors (Lipinski definition) is 6. The van der Waals surface area contributed by atoms with Crippen molar-refractivity contribution in [3.8, 4) is 6.07 Å². The Balaban J connectivity index is 1.19. The number of piperazine rings is 1. The lowest BCUT2D eigenvalue weighted by Crippen LogP contribution is -2.57. The predicted molar refractivity (Wildman–Crippen MR) is 111 cm³/mol. The van der Waals surface area contributed by atoms with Crippen molar-refractivity contribution in [1.29, 1.82) is 5.26 Å². The van der Waals surface area contributed by atoms with Crippen LogP contribution in [0.5, 0.6) is 0 Å². The quantitative estimate of drug-likeness (QED) is 0.778. The van der Waals surface area contributed by atoms with Gasteiger partial charge >= 0.3 is 0 Å². The summed E-state index contributed by atoms with van der Waals surface area (Å²) >= 11 is 1.50. The lowest BCUT2D eigenvalue weighted by atomic mass is 9.96. The fourth-order valence-electron chi connectivity index (χ4n) is 5.90. The first-order valence-electron chi connectivity index (χ1n) is 10.6. The van der Waals surface area contributed by atoms with Crippen LogP contribution in [0.1, 0.15) is 37.7 Å². The lowest BCUT2D eigenvalue weighted by Gasteiger charge is -2.45. The van der Waals surface area contributed by atoms with E-state index in [0.29, 0.717) is 5.56 Å². The van der Waals surface area contributed by atoms with Gasteiger partial charge in [0.1, 0.15) is 11.1 Å². The molecule has 3 unspecified atom stereocenters. The summed E-state index contributed by atoms with van der Waals surface area (Å²) in [5.41, 5.74) is 0.626. The van der Waals surface area contributed by atoms with E-state index in [0.717, 1.165) is 62.3 Å². The van der Waals surface area contributed by atoms with Crippen molar-refractivity contribution in [3.05, 3.63) is 17.0 Å². The van der Waals surface area contributed by atoms with Crippen LogP contribution in [0.4, 0.5) is 5.00 Å². The van der Waals surface area contributed by atoms with Crippen molar-refractivity contribution in [1.82, 2.24) is 14.7 Å². The molecule has 0 saturated carbocycles. The Hall–Kier alpha value is -1.46. The first-order valence-corrected chi connectivity index (χ1v) is 11.5. The molecule has 4 saturated heterocycles. The standard InChI is InChI=1S/C21H29N5OS/c1-23-16-2-3-17(23)13-18(12-16)24-7-9-25(10-8-24)19-4-6-26(20(19)27)21-15(14-22)5-11-28-21/h5,11,16-19H,2-4,6-10,12-13H2,1H3. The van der Waals surface area contributed by atoms with Crippen LogP contribution in [-0.2, 0) is 4.79 Å². The minimum Gasteiger partial charge on any atom is -0.301 e. The molecule has 1 aromatic rings. The normalized spacial score (nSPS) is 34.9. The number of nitrogens with zero attached hydrogens (tertiary/aromatic N) is 5. The Bertz CT molecular complexity index is 766. The third kappa shape index (κ3) is 3.07. The van der Waals surface area contributed by atoms with Crippen LogP contribution in [0.25, 0.3) is 0 Å². The van der Waals surface area contributed by atoms with E-state index in [9.17, 15) is 10.1 Å². The molecule has 4 aliphatic rings. The number of amides is 1. The minimum absolute atomic E-state index is 0.00976. The topological polar surface area (TPSA) is 53.8 Å². The maximum absolute atomic E-state index is 13.0. The summed E-state index contributed by atoms with van der Waals surface area (Å²) in [7, 11) is 2.30. The second-order valence-electron chi connectivity index (χ2n) is 8.79. The molecule has 4 aliphatic heterocycles. The summed E-state index contributed by atoms with van der Waals surface area (Å²) in [4.78, 5) is 22.6. The number of piperidine rings is 1. The SMILES string of the molecule is CN1C2CCC1CC(N1CCN(C3CCN(c4sccc4C#N)C3=O)CC1)C2. The molecule has 1 amide bonds. The van der Waals surface area contributed by atoms with Gasteiger partial charge in [0.05, 0.1) is 11.6 Å². The minimum atomic E-state index is -0.00976. The second kappa shape index (κ2) is 7.42. The predicted octanol–water partition coefficient (Wildman–Crippen LogP) is 1.97. The van der Waals surface area contributed by atoms with Crippen molar-refractivity contribution in [3.63, 3.8) is 0 Å². The van der Waals surface area contributed by atoms with Gasteiger partial charge in [-0.15, -0.1) is 11.3 Å². The van der Waals surface area contributed by atoms with Gasteiger partial charge in [0.25, 0.3) is 0 Å². The molecule has 0 spiro atoms. The average Bonchev–Trinajstić information content (AvgIpc) is 3.37. The Morgan fingerprint density at radius 1 is 1.00 bits per heavy atom. The molecule has 2 bridgehead atoms. The number of rotatable bonds is 3. The van der Waals surface area contributed by atoms with Gasteiger partial charge in [-0.3, -0.25) is 14.6 Å². The highest BCUT2D eigenvalue weighted by molar-refractivity contribution is 7.14. The first kappa shape index (κ1) is 18.6. The molecule has 5 rings (SSSR count). The number of thiophene rings is 1. The summed E-state index contributed by atoms with van der Waals surface area (Å²) in [5.74, 6) is 0.185. The number of anilines is 1. The van der Waals surface area contributed by atoms with Crippen LogP contribution >= 0.6 is 11.3 Å². The molecule has 28 heavy (non-hydrogen) atoms. The second-order valence-corrected chi connectivity index (χ2v) is 9.69. The van der Waals surface area contributed by atoms with E-state index in [1.807, 2.05) is 16.3 Å². The molecule has 0 aromatic carbocycles. The molecular weight excluding hydrogens is 370 g/mol. The van der Waals surface area contributed by atoms with Crippen LogP contribution in [0.15, 0.2) is 11.4 Å². The number of hydrogen-bond donors (Lipinski definition) is 0. The lowest BCUT2D eigenvalue weighted by molar-refractivity contribution is -0.122. The molecule has 0 radical (unpaired) electrons. The number of carbonyl (C=O) groups is 1. The van der Waals surface area contributed by atoms with Crippen LogP contribution in [0.2, 0.25) is 0 Å². The van der Waals surface area contributed by atoms with E-state index < -0.39 is 0 Å². The zero-order valence-corrected chi connectivity index (χ0v) is 17.4. The fourth-order valence-corrected chi connectivity index (χ4v) is 6.78. The molecule has 3 atom stereocenters.